The summed E-state index contributed by atoms with van der Waals surface area (Å²) in [4.78, 5) is 7.36. The smallest absolute Gasteiger partial charge is 0.203 e. The van der Waals surface area contributed by atoms with Gasteiger partial charge in [0.1, 0.15) is 10.8 Å². The van der Waals surface area contributed by atoms with Gasteiger partial charge in [0.15, 0.2) is 0 Å². The van der Waals surface area contributed by atoms with Gasteiger partial charge in [-0.1, -0.05) is 29.8 Å². The fourth-order valence-electron chi connectivity index (χ4n) is 4.08. The Bertz CT molecular complexity index is 1190. The van der Waals surface area contributed by atoms with Crippen LogP contribution in [0.1, 0.15) is 35.3 Å². The number of rotatable bonds is 4. The summed E-state index contributed by atoms with van der Waals surface area (Å²) in [6.07, 6.45) is 2.30. The van der Waals surface area contributed by atoms with E-state index in [0.29, 0.717) is 12.7 Å². The molecule has 0 saturated carbocycles. The van der Waals surface area contributed by atoms with Crippen molar-refractivity contribution >= 4 is 33.8 Å². The van der Waals surface area contributed by atoms with Crippen LogP contribution < -0.4 is 0 Å². The first kappa shape index (κ1) is 18.7. The molecule has 0 unspecified atom stereocenters. The van der Waals surface area contributed by atoms with Crippen LogP contribution in [-0.2, 0) is 6.67 Å². The van der Waals surface area contributed by atoms with E-state index in [1.54, 1.807) is 11.3 Å². The summed E-state index contributed by atoms with van der Waals surface area (Å²) in [6.45, 7) is 5.84. The molecule has 0 bridgehead atoms. The minimum Gasteiger partial charge on any atom is -0.275 e. The summed E-state index contributed by atoms with van der Waals surface area (Å²) in [6, 6.07) is 17.1. The molecule has 148 valence electrons. The van der Waals surface area contributed by atoms with Gasteiger partial charge >= 0.3 is 0 Å². The van der Waals surface area contributed by atoms with Gasteiger partial charge in [-0.25, -0.2) is 9.67 Å². The van der Waals surface area contributed by atoms with Crippen molar-refractivity contribution in [2.24, 2.45) is 0 Å². The van der Waals surface area contributed by atoms with Crippen molar-refractivity contribution in [1.82, 2.24) is 24.2 Å². The van der Waals surface area contributed by atoms with E-state index in [-0.39, 0.29) is 0 Å². The van der Waals surface area contributed by atoms with E-state index in [9.17, 15) is 0 Å². The maximum Gasteiger partial charge on any atom is 0.203 e. The van der Waals surface area contributed by atoms with Crippen LogP contribution in [0.15, 0.2) is 48.5 Å². The Kier molecular flexibility index (Phi) is 4.81. The Morgan fingerprint density at radius 1 is 1.10 bits per heavy atom. The van der Waals surface area contributed by atoms with E-state index < -0.39 is 0 Å². The van der Waals surface area contributed by atoms with Gasteiger partial charge in [0.2, 0.25) is 4.77 Å². The molecule has 2 aromatic heterocycles. The van der Waals surface area contributed by atoms with E-state index in [2.05, 4.69) is 64.9 Å². The van der Waals surface area contributed by atoms with Crippen LogP contribution >= 0.6 is 23.6 Å². The summed E-state index contributed by atoms with van der Waals surface area (Å²) in [5.74, 6) is 0.912. The number of hydrogen-bond acceptors (Lipinski definition) is 5. The van der Waals surface area contributed by atoms with Crippen molar-refractivity contribution in [1.29, 1.82) is 0 Å². The molecule has 0 N–H and O–H groups in total. The number of aryl methyl sites for hydroxylation is 2. The van der Waals surface area contributed by atoms with Gasteiger partial charge in [-0.15, -0.1) is 11.3 Å². The Balaban J connectivity index is 1.44. The first-order chi connectivity index (χ1) is 14.1. The van der Waals surface area contributed by atoms with Crippen LogP contribution in [-0.4, -0.2) is 30.8 Å². The highest BCUT2D eigenvalue weighted by molar-refractivity contribution is 7.71. The number of aromatic nitrogens is 4. The van der Waals surface area contributed by atoms with E-state index in [4.69, 9.17) is 22.3 Å². The lowest BCUT2D eigenvalue weighted by Gasteiger charge is -2.22. The highest BCUT2D eigenvalue weighted by Gasteiger charge is 2.29. The van der Waals surface area contributed by atoms with Crippen LogP contribution in [0.5, 0.6) is 0 Å². The SMILES string of the molecule is Cc1ccc(-n2c(C)nn(CN3CCC[C@@H]3c3nc4ccccc4s3)c2=S)cc1. The third-order valence-corrected chi connectivity index (χ3v) is 7.10. The van der Waals surface area contributed by atoms with Crippen LogP contribution in [0.3, 0.4) is 0 Å². The molecule has 2 aromatic carbocycles. The fourth-order valence-corrected chi connectivity index (χ4v) is 5.55. The summed E-state index contributed by atoms with van der Waals surface area (Å²) < 4.78 is 6.00. The molecule has 29 heavy (non-hydrogen) atoms. The largest absolute Gasteiger partial charge is 0.275 e. The Labute approximate surface area is 179 Å². The lowest BCUT2D eigenvalue weighted by atomic mass is 10.2. The Morgan fingerprint density at radius 3 is 2.69 bits per heavy atom. The standard InChI is InChI=1S/C22H23N5S2/c1-15-9-11-17(12-10-15)27-16(2)24-26(22(27)28)14-25-13-5-7-19(25)21-23-18-6-3-4-8-20(18)29-21/h3-4,6,8-12,19H,5,7,13-14H2,1-2H3/t19-/m1/s1. The second-order valence-electron chi connectivity index (χ2n) is 7.63. The average molecular weight is 422 g/mol. The second-order valence-corrected chi connectivity index (χ2v) is 9.06. The van der Waals surface area contributed by atoms with Crippen LogP contribution in [0.25, 0.3) is 15.9 Å². The van der Waals surface area contributed by atoms with Gasteiger partial charge in [0.25, 0.3) is 0 Å². The lowest BCUT2D eigenvalue weighted by Crippen LogP contribution is -2.27. The first-order valence-electron chi connectivity index (χ1n) is 9.93. The van der Waals surface area contributed by atoms with Gasteiger partial charge in [-0.05, 0) is 63.2 Å². The normalized spacial score (nSPS) is 17.4. The number of hydrogen-bond donors (Lipinski definition) is 0. The first-order valence-corrected chi connectivity index (χ1v) is 11.2. The van der Waals surface area contributed by atoms with Crippen LogP contribution in [0, 0.1) is 18.6 Å². The number of likely N-dealkylation sites (tertiary alicyclic amines) is 1. The zero-order chi connectivity index (χ0) is 20.0. The molecule has 5 rings (SSSR count). The van der Waals surface area contributed by atoms with E-state index in [0.717, 1.165) is 34.8 Å². The van der Waals surface area contributed by atoms with Crippen molar-refractivity contribution in [3.05, 3.63) is 69.7 Å². The van der Waals surface area contributed by atoms with E-state index in [1.807, 2.05) is 11.6 Å². The molecule has 7 heteroatoms. The molecule has 1 atom stereocenters. The molecular weight excluding hydrogens is 398 g/mol. The number of benzene rings is 2. The molecule has 3 heterocycles. The molecule has 1 aliphatic heterocycles. The number of para-hydroxylation sites is 1. The minimum atomic E-state index is 0.333. The summed E-state index contributed by atoms with van der Waals surface area (Å²) in [5, 5.41) is 5.96. The third-order valence-electron chi connectivity index (χ3n) is 5.57. The van der Waals surface area contributed by atoms with Crippen LogP contribution in [0.4, 0.5) is 0 Å². The third kappa shape index (κ3) is 3.43. The Morgan fingerprint density at radius 2 is 1.90 bits per heavy atom. The van der Waals surface area contributed by atoms with Crippen LogP contribution in [0.2, 0.25) is 0 Å². The molecule has 0 aliphatic carbocycles. The van der Waals surface area contributed by atoms with Crippen molar-refractivity contribution in [3.63, 3.8) is 0 Å². The Hall–Kier alpha value is -2.35. The molecule has 0 spiro atoms. The minimum absolute atomic E-state index is 0.333. The van der Waals surface area contributed by atoms with Gasteiger partial charge < -0.3 is 0 Å². The molecule has 5 nitrogen and oxygen atoms in total. The highest BCUT2D eigenvalue weighted by atomic mass is 32.1. The maximum atomic E-state index is 5.79. The molecule has 4 aromatic rings. The zero-order valence-corrected chi connectivity index (χ0v) is 18.2. The van der Waals surface area contributed by atoms with Crippen molar-refractivity contribution in [3.8, 4) is 5.69 Å². The predicted molar refractivity (Wildman–Crippen MR) is 120 cm³/mol. The molecule has 0 amide bonds. The van der Waals surface area contributed by atoms with Gasteiger partial charge in [0.05, 0.1) is 22.9 Å². The van der Waals surface area contributed by atoms with Gasteiger partial charge in [-0.3, -0.25) is 9.47 Å². The topological polar surface area (TPSA) is 38.9 Å². The highest BCUT2D eigenvalue weighted by Crippen LogP contribution is 2.36. The number of thiazole rings is 1. The second kappa shape index (κ2) is 7.48. The monoisotopic (exact) mass is 421 g/mol. The summed E-state index contributed by atoms with van der Waals surface area (Å²) in [5.41, 5.74) is 3.39. The van der Waals surface area contributed by atoms with Gasteiger partial charge in [-0.2, -0.15) is 5.10 Å². The summed E-state index contributed by atoms with van der Waals surface area (Å²) in [7, 11) is 0. The number of nitrogens with zero attached hydrogens (tertiary/aromatic N) is 5. The molecule has 1 aliphatic rings. The number of fused-ring (bicyclic) bond motifs is 1. The molecule has 1 saturated heterocycles. The van der Waals surface area contributed by atoms with E-state index >= 15 is 0 Å². The maximum absolute atomic E-state index is 5.79. The van der Waals surface area contributed by atoms with Crippen molar-refractivity contribution in [2.75, 3.05) is 6.54 Å². The molecule has 0 radical (unpaired) electrons. The van der Waals surface area contributed by atoms with Gasteiger partial charge in [0, 0.05) is 12.2 Å². The lowest BCUT2D eigenvalue weighted by molar-refractivity contribution is 0.189. The quantitative estimate of drug-likeness (QED) is 0.412. The molecule has 1 fully saturated rings. The van der Waals surface area contributed by atoms with Crippen molar-refractivity contribution < 1.29 is 0 Å². The fraction of sp³-hybridized carbons (Fsp3) is 0.318. The van der Waals surface area contributed by atoms with Crippen molar-refractivity contribution in [2.45, 2.75) is 39.4 Å². The predicted octanol–water partition coefficient (Wildman–Crippen LogP) is 5.42. The average Bonchev–Trinajstić information content (AvgIpc) is 3.41. The van der Waals surface area contributed by atoms with E-state index in [1.165, 1.54) is 21.7 Å². The zero-order valence-electron chi connectivity index (χ0n) is 16.6. The molecular formula is C22H23N5S2. The summed E-state index contributed by atoms with van der Waals surface area (Å²) >= 11 is 7.60.